The van der Waals surface area contributed by atoms with Crippen molar-refractivity contribution in [3.05, 3.63) is 60.6 Å². The predicted octanol–water partition coefficient (Wildman–Crippen LogP) is 5.81. The van der Waals surface area contributed by atoms with Gasteiger partial charge in [0.2, 0.25) is 0 Å². The molecule has 1 aliphatic heterocycles. The van der Waals surface area contributed by atoms with Crippen molar-refractivity contribution in [1.29, 1.82) is 0 Å². The second kappa shape index (κ2) is 7.75. The minimum absolute atomic E-state index is 0.267. The first kappa shape index (κ1) is 20.2. The minimum Gasteiger partial charge on any atom is -0.444 e. The van der Waals surface area contributed by atoms with E-state index in [1.165, 1.54) is 5.57 Å². The third kappa shape index (κ3) is 4.06. The van der Waals surface area contributed by atoms with E-state index < -0.39 is 5.60 Å². The SMILES string of the molecule is CC(C)(C)OC(=O)N1CC=C(c2cc3c(Nc4ccc5[nH]ccc5c4)ccnc3[nH]2)CC1. The number of carbonyl (C=O) groups excluding carboxylic acids is 1. The van der Waals surface area contributed by atoms with Gasteiger partial charge in [0.1, 0.15) is 11.2 Å². The molecule has 7 heteroatoms. The van der Waals surface area contributed by atoms with Gasteiger partial charge in [-0.25, -0.2) is 9.78 Å². The molecule has 0 radical (unpaired) electrons. The van der Waals surface area contributed by atoms with Crippen LogP contribution in [-0.2, 0) is 4.74 Å². The molecule has 164 valence electrons. The number of rotatable bonds is 3. The molecule has 32 heavy (non-hydrogen) atoms. The van der Waals surface area contributed by atoms with Crippen molar-refractivity contribution in [3.63, 3.8) is 0 Å². The number of carbonyl (C=O) groups is 1. The molecule has 0 atom stereocenters. The van der Waals surface area contributed by atoms with E-state index in [2.05, 4.69) is 56.7 Å². The summed E-state index contributed by atoms with van der Waals surface area (Å²) in [6.07, 6.45) is 6.33. The van der Waals surface area contributed by atoms with E-state index in [0.29, 0.717) is 13.1 Å². The van der Waals surface area contributed by atoms with Gasteiger partial charge in [0.05, 0.1) is 5.69 Å². The van der Waals surface area contributed by atoms with Crippen LogP contribution in [0.5, 0.6) is 0 Å². The lowest BCUT2D eigenvalue weighted by molar-refractivity contribution is 0.0270. The summed E-state index contributed by atoms with van der Waals surface area (Å²) in [5.74, 6) is 0. The maximum Gasteiger partial charge on any atom is 0.410 e. The number of hydrogen-bond acceptors (Lipinski definition) is 4. The Bertz CT molecular complexity index is 1330. The number of amides is 1. The Morgan fingerprint density at radius 2 is 2.06 bits per heavy atom. The van der Waals surface area contributed by atoms with Gasteiger partial charge >= 0.3 is 6.09 Å². The molecule has 0 bridgehead atoms. The molecule has 0 fully saturated rings. The van der Waals surface area contributed by atoms with E-state index in [-0.39, 0.29) is 6.09 Å². The number of ether oxygens (including phenoxy) is 1. The van der Waals surface area contributed by atoms with Crippen LogP contribution < -0.4 is 5.32 Å². The molecule has 0 spiro atoms. The summed E-state index contributed by atoms with van der Waals surface area (Å²) in [5.41, 5.74) is 5.71. The highest BCUT2D eigenvalue weighted by atomic mass is 16.6. The fourth-order valence-corrected chi connectivity index (χ4v) is 4.00. The Kier molecular flexibility index (Phi) is 4.89. The second-order valence-corrected chi connectivity index (χ2v) is 9.11. The normalized spacial score (nSPS) is 14.6. The van der Waals surface area contributed by atoms with Gasteiger partial charge in [-0.2, -0.15) is 0 Å². The molecule has 3 N–H and O–H groups in total. The van der Waals surface area contributed by atoms with Gasteiger partial charge in [0.25, 0.3) is 0 Å². The standard InChI is InChI=1S/C25H27N5O2/c1-25(2,3)32-24(31)30-12-8-16(9-13-30)22-15-19-21(7-11-27-23(19)29-22)28-18-4-5-20-17(14-18)6-10-26-20/h4-8,10-11,14-15,26H,9,12-13H2,1-3H3,(H2,27,28,29). The monoisotopic (exact) mass is 429 g/mol. The van der Waals surface area contributed by atoms with Crippen LogP contribution >= 0.6 is 0 Å². The van der Waals surface area contributed by atoms with Crippen LogP contribution in [0.3, 0.4) is 0 Å². The zero-order valence-electron chi connectivity index (χ0n) is 18.5. The Morgan fingerprint density at radius 1 is 1.19 bits per heavy atom. The lowest BCUT2D eigenvalue weighted by atomic mass is 10.0. The first-order valence-electron chi connectivity index (χ1n) is 10.8. The molecular formula is C25H27N5O2. The number of hydrogen-bond donors (Lipinski definition) is 3. The maximum absolute atomic E-state index is 12.3. The molecule has 4 aromatic rings. The lowest BCUT2D eigenvalue weighted by Gasteiger charge is -2.29. The van der Waals surface area contributed by atoms with Gasteiger partial charge < -0.3 is 24.9 Å². The first-order valence-corrected chi connectivity index (χ1v) is 10.8. The number of anilines is 2. The van der Waals surface area contributed by atoms with E-state index >= 15 is 0 Å². The number of nitrogens with one attached hydrogen (secondary N) is 3. The highest BCUT2D eigenvalue weighted by Gasteiger charge is 2.24. The van der Waals surface area contributed by atoms with Crippen molar-refractivity contribution in [1.82, 2.24) is 19.9 Å². The van der Waals surface area contributed by atoms with Crippen LogP contribution in [0.1, 0.15) is 32.9 Å². The summed E-state index contributed by atoms with van der Waals surface area (Å²) < 4.78 is 5.49. The molecule has 0 aliphatic carbocycles. The van der Waals surface area contributed by atoms with E-state index in [4.69, 9.17) is 4.74 Å². The van der Waals surface area contributed by atoms with Gasteiger partial charge in [0, 0.05) is 53.2 Å². The fraction of sp³-hybridized carbons (Fsp3) is 0.280. The number of pyridine rings is 1. The average Bonchev–Trinajstić information content (AvgIpc) is 3.40. The molecule has 5 rings (SSSR count). The fourth-order valence-electron chi connectivity index (χ4n) is 4.00. The van der Waals surface area contributed by atoms with Gasteiger partial charge in [-0.15, -0.1) is 0 Å². The molecule has 1 amide bonds. The van der Waals surface area contributed by atoms with Crippen LogP contribution in [0.25, 0.3) is 27.5 Å². The molecule has 7 nitrogen and oxygen atoms in total. The number of fused-ring (bicyclic) bond motifs is 2. The second-order valence-electron chi connectivity index (χ2n) is 9.11. The topological polar surface area (TPSA) is 86.0 Å². The molecule has 1 aliphatic rings. The third-order valence-corrected chi connectivity index (χ3v) is 5.57. The molecule has 3 aromatic heterocycles. The summed E-state index contributed by atoms with van der Waals surface area (Å²) in [5, 5.41) is 5.72. The van der Waals surface area contributed by atoms with Gasteiger partial charge in [0.15, 0.2) is 0 Å². The predicted molar refractivity (Wildman–Crippen MR) is 128 cm³/mol. The van der Waals surface area contributed by atoms with Crippen molar-refractivity contribution in [2.24, 2.45) is 0 Å². The van der Waals surface area contributed by atoms with E-state index in [1.807, 2.05) is 33.0 Å². The third-order valence-electron chi connectivity index (χ3n) is 5.57. The quantitative estimate of drug-likeness (QED) is 0.383. The molecule has 4 heterocycles. The first-order chi connectivity index (χ1) is 15.4. The van der Waals surface area contributed by atoms with Crippen molar-refractivity contribution in [2.75, 3.05) is 18.4 Å². The highest BCUT2D eigenvalue weighted by molar-refractivity contribution is 5.95. The lowest BCUT2D eigenvalue weighted by Crippen LogP contribution is -2.39. The van der Waals surface area contributed by atoms with Crippen LogP contribution in [0.15, 0.2) is 54.9 Å². The maximum atomic E-state index is 12.3. The molecule has 0 unspecified atom stereocenters. The van der Waals surface area contributed by atoms with Gasteiger partial charge in [-0.1, -0.05) is 6.08 Å². The molecular weight excluding hydrogens is 402 g/mol. The number of H-pyrrole nitrogens is 2. The Hall–Kier alpha value is -3.74. The van der Waals surface area contributed by atoms with Crippen LogP contribution in [0.2, 0.25) is 0 Å². The summed E-state index contributed by atoms with van der Waals surface area (Å²) in [4.78, 5) is 25.2. The highest BCUT2D eigenvalue weighted by Crippen LogP contribution is 2.31. The summed E-state index contributed by atoms with van der Waals surface area (Å²) in [6.45, 7) is 6.82. The summed E-state index contributed by atoms with van der Waals surface area (Å²) in [7, 11) is 0. The van der Waals surface area contributed by atoms with Crippen LogP contribution in [0.4, 0.5) is 16.2 Å². The Labute approximate surface area is 186 Å². The molecule has 0 saturated carbocycles. The number of aromatic amines is 2. The number of aromatic nitrogens is 3. The Balaban J connectivity index is 1.37. The van der Waals surface area contributed by atoms with E-state index in [1.54, 1.807) is 11.1 Å². The summed E-state index contributed by atoms with van der Waals surface area (Å²) >= 11 is 0. The van der Waals surface area contributed by atoms with E-state index in [0.717, 1.165) is 45.4 Å². The van der Waals surface area contributed by atoms with Crippen molar-refractivity contribution >= 4 is 45.0 Å². The number of benzene rings is 1. The average molecular weight is 430 g/mol. The van der Waals surface area contributed by atoms with E-state index in [9.17, 15) is 4.79 Å². The van der Waals surface area contributed by atoms with Crippen molar-refractivity contribution in [2.45, 2.75) is 32.8 Å². The van der Waals surface area contributed by atoms with Gasteiger partial charge in [-0.05, 0) is 69.2 Å². The zero-order chi connectivity index (χ0) is 22.3. The Morgan fingerprint density at radius 3 is 2.84 bits per heavy atom. The summed E-state index contributed by atoms with van der Waals surface area (Å²) in [6, 6.07) is 12.4. The minimum atomic E-state index is -0.487. The van der Waals surface area contributed by atoms with Crippen LogP contribution in [0, 0.1) is 0 Å². The zero-order valence-corrected chi connectivity index (χ0v) is 18.5. The molecule has 1 aromatic carbocycles. The van der Waals surface area contributed by atoms with Crippen molar-refractivity contribution < 1.29 is 9.53 Å². The number of nitrogens with zero attached hydrogens (tertiary/aromatic N) is 2. The van der Waals surface area contributed by atoms with Crippen LogP contribution in [-0.4, -0.2) is 44.6 Å². The largest absolute Gasteiger partial charge is 0.444 e. The van der Waals surface area contributed by atoms with Gasteiger partial charge in [-0.3, -0.25) is 0 Å². The molecule has 0 saturated heterocycles. The smallest absolute Gasteiger partial charge is 0.410 e. The van der Waals surface area contributed by atoms with Crippen molar-refractivity contribution in [3.8, 4) is 0 Å².